The summed E-state index contributed by atoms with van der Waals surface area (Å²) >= 11 is 7.77. The highest BCUT2D eigenvalue weighted by Crippen LogP contribution is 2.27. The molecule has 0 spiro atoms. The summed E-state index contributed by atoms with van der Waals surface area (Å²) in [5, 5.41) is 10.1. The molecule has 0 aliphatic heterocycles. The summed E-state index contributed by atoms with van der Waals surface area (Å²) in [5.41, 5.74) is 3.38. The van der Waals surface area contributed by atoms with Gasteiger partial charge in [0.1, 0.15) is 12.1 Å². The molecule has 0 aliphatic carbocycles. The van der Waals surface area contributed by atoms with Crippen LogP contribution in [-0.4, -0.2) is 21.1 Å². The summed E-state index contributed by atoms with van der Waals surface area (Å²) < 4.78 is 1.98. The summed E-state index contributed by atoms with van der Waals surface area (Å²) in [4.78, 5) is 10.7. The highest BCUT2D eigenvalue weighted by Gasteiger charge is 2.14. The van der Waals surface area contributed by atoms with E-state index in [-0.39, 0.29) is 0 Å². The Balaban J connectivity index is 1.90. The lowest BCUT2D eigenvalue weighted by Gasteiger charge is -2.10. The van der Waals surface area contributed by atoms with E-state index in [0.29, 0.717) is 17.9 Å². The van der Waals surface area contributed by atoms with Crippen molar-refractivity contribution in [2.24, 2.45) is 0 Å². The number of thioether (sulfide) groups is 1. The van der Waals surface area contributed by atoms with E-state index in [2.05, 4.69) is 41.4 Å². The molecule has 3 aromatic rings. The fraction of sp³-hybridized carbons (Fsp3) is 0.211. The molecular formula is C19H18ClN3OS. The molecule has 1 aromatic heterocycles. The SMILES string of the molecule is Cc1cccc(CSc2nnc(CCC=O)n2-c2cccc(Cl)c2)c1. The fourth-order valence-electron chi connectivity index (χ4n) is 2.57. The van der Waals surface area contributed by atoms with Crippen LogP contribution < -0.4 is 0 Å². The molecular weight excluding hydrogens is 354 g/mol. The Hall–Kier alpha value is -2.11. The van der Waals surface area contributed by atoms with Crippen molar-refractivity contribution >= 4 is 29.6 Å². The summed E-state index contributed by atoms with van der Waals surface area (Å²) in [6.07, 6.45) is 1.87. The number of aromatic nitrogens is 3. The van der Waals surface area contributed by atoms with E-state index in [1.54, 1.807) is 11.8 Å². The van der Waals surface area contributed by atoms with E-state index < -0.39 is 0 Å². The maximum absolute atomic E-state index is 10.7. The Morgan fingerprint density at radius 3 is 2.76 bits per heavy atom. The minimum Gasteiger partial charge on any atom is -0.303 e. The molecule has 0 amide bonds. The van der Waals surface area contributed by atoms with Crippen LogP contribution in [0.5, 0.6) is 0 Å². The zero-order valence-corrected chi connectivity index (χ0v) is 15.4. The van der Waals surface area contributed by atoms with Gasteiger partial charge >= 0.3 is 0 Å². The second-order valence-corrected chi connectivity index (χ2v) is 7.08. The first-order valence-electron chi connectivity index (χ1n) is 7.99. The number of hydrogen-bond donors (Lipinski definition) is 0. The Morgan fingerprint density at radius 1 is 1.16 bits per heavy atom. The second-order valence-electron chi connectivity index (χ2n) is 5.70. The van der Waals surface area contributed by atoms with Crippen LogP contribution in [0.4, 0.5) is 0 Å². The summed E-state index contributed by atoms with van der Waals surface area (Å²) in [6, 6.07) is 16.0. The molecule has 0 atom stereocenters. The Morgan fingerprint density at radius 2 is 2.00 bits per heavy atom. The van der Waals surface area contributed by atoms with Gasteiger partial charge in [-0.3, -0.25) is 4.57 Å². The van der Waals surface area contributed by atoms with Gasteiger partial charge in [-0.05, 0) is 30.7 Å². The number of carbonyl (C=O) groups excluding carboxylic acids is 1. The highest BCUT2D eigenvalue weighted by molar-refractivity contribution is 7.98. The van der Waals surface area contributed by atoms with E-state index in [1.165, 1.54) is 11.1 Å². The molecule has 6 heteroatoms. The molecule has 0 saturated carbocycles. The van der Waals surface area contributed by atoms with Crippen LogP contribution in [0.3, 0.4) is 0 Å². The Kier molecular flexibility index (Phi) is 5.89. The van der Waals surface area contributed by atoms with Crippen molar-refractivity contribution in [1.82, 2.24) is 14.8 Å². The third-order valence-electron chi connectivity index (χ3n) is 3.70. The first-order chi connectivity index (χ1) is 12.2. The maximum atomic E-state index is 10.7. The average Bonchev–Trinajstić information content (AvgIpc) is 3.01. The molecule has 0 fully saturated rings. The lowest BCUT2D eigenvalue weighted by atomic mass is 10.2. The van der Waals surface area contributed by atoms with E-state index in [1.807, 2.05) is 28.8 Å². The summed E-state index contributed by atoms with van der Waals surface area (Å²) in [6.45, 7) is 2.08. The molecule has 25 heavy (non-hydrogen) atoms. The van der Waals surface area contributed by atoms with E-state index in [0.717, 1.165) is 28.7 Å². The van der Waals surface area contributed by atoms with Crippen LogP contribution >= 0.6 is 23.4 Å². The highest BCUT2D eigenvalue weighted by atomic mass is 35.5. The number of aldehydes is 1. The molecule has 1 heterocycles. The zero-order chi connectivity index (χ0) is 17.6. The molecule has 0 radical (unpaired) electrons. The van der Waals surface area contributed by atoms with Gasteiger partial charge in [0.2, 0.25) is 0 Å². The molecule has 128 valence electrons. The summed E-state index contributed by atoms with van der Waals surface area (Å²) in [7, 11) is 0. The standard InChI is InChI=1S/C19H18ClN3OS/c1-14-5-2-6-15(11-14)13-25-19-22-21-18(9-4-10-24)23(19)17-8-3-7-16(20)12-17/h2-3,5-8,10-12H,4,9,13H2,1H3. The predicted molar refractivity (Wildman–Crippen MR) is 101 cm³/mol. The first-order valence-corrected chi connectivity index (χ1v) is 9.36. The molecule has 0 N–H and O–H groups in total. The van der Waals surface area contributed by atoms with Crippen molar-refractivity contribution in [3.05, 3.63) is 70.5 Å². The summed E-state index contributed by atoms with van der Waals surface area (Å²) in [5.74, 6) is 1.56. The normalized spacial score (nSPS) is 10.8. The van der Waals surface area contributed by atoms with Crippen LogP contribution in [0.15, 0.2) is 53.7 Å². The molecule has 2 aromatic carbocycles. The van der Waals surface area contributed by atoms with Crippen molar-refractivity contribution < 1.29 is 4.79 Å². The number of hydrogen-bond acceptors (Lipinski definition) is 4. The number of aryl methyl sites for hydroxylation is 2. The van der Waals surface area contributed by atoms with Crippen LogP contribution in [0.1, 0.15) is 23.4 Å². The lowest BCUT2D eigenvalue weighted by Crippen LogP contribution is -2.03. The minimum absolute atomic E-state index is 0.418. The molecule has 0 saturated heterocycles. The van der Waals surface area contributed by atoms with Gasteiger partial charge in [-0.15, -0.1) is 10.2 Å². The van der Waals surface area contributed by atoms with Gasteiger partial charge in [-0.1, -0.05) is 59.3 Å². The van der Waals surface area contributed by atoms with Crippen molar-refractivity contribution in [2.45, 2.75) is 30.7 Å². The third kappa shape index (κ3) is 4.50. The van der Waals surface area contributed by atoms with Gasteiger partial charge in [-0.2, -0.15) is 0 Å². The predicted octanol–water partition coefficient (Wildman–Crippen LogP) is 4.65. The average molecular weight is 372 g/mol. The van der Waals surface area contributed by atoms with Gasteiger partial charge in [0, 0.05) is 23.6 Å². The van der Waals surface area contributed by atoms with Crippen LogP contribution in [0, 0.1) is 6.92 Å². The molecule has 0 bridgehead atoms. The van der Waals surface area contributed by atoms with Crippen LogP contribution in [0.25, 0.3) is 5.69 Å². The van der Waals surface area contributed by atoms with E-state index in [4.69, 9.17) is 11.6 Å². The van der Waals surface area contributed by atoms with Crippen molar-refractivity contribution in [1.29, 1.82) is 0 Å². The maximum Gasteiger partial charge on any atom is 0.196 e. The molecule has 4 nitrogen and oxygen atoms in total. The van der Waals surface area contributed by atoms with E-state index in [9.17, 15) is 4.79 Å². The molecule has 0 aliphatic rings. The smallest absolute Gasteiger partial charge is 0.196 e. The van der Waals surface area contributed by atoms with Crippen LogP contribution in [0.2, 0.25) is 5.02 Å². The molecule has 3 rings (SSSR count). The third-order valence-corrected chi connectivity index (χ3v) is 4.94. The number of nitrogens with zero attached hydrogens (tertiary/aromatic N) is 3. The number of carbonyl (C=O) groups is 1. The monoisotopic (exact) mass is 371 g/mol. The van der Waals surface area contributed by atoms with Gasteiger partial charge in [-0.25, -0.2) is 0 Å². The topological polar surface area (TPSA) is 47.8 Å². The van der Waals surface area contributed by atoms with Crippen LogP contribution in [-0.2, 0) is 17.0 Å². The first kappa shape index (κ1) is 17.7. The second kappa shape index (κ2) is 8.32. The quantitative estimate of drug-likeness (QED) is 0.448. The van der Waals surface area contributed by atoms with Gasteiger partial charge in [0.15, 0.2) is 5.16 Å². The fourth-order valence-corrected chi connectivity index (χ4v) is 3.67. The number of halogens is 1. The molecule has 0 unspecified atom stereocenters. The van der Waals surface area contributed by atoms with Crippen molar-refractivity contribution in [3.63, 3.8) is 0 Å². The van der Waals surface area contributed by atoms with Gasteiger partial charge in [0.25, 0.3) is 0 Å². The van der Waals surface area contributed by atoms with Crippen molar-refractivity contribution in [2.75, 3.05) is 0 Å². The number of rotatable bonds is 7. The van der Waals surface area contributed by atoms with Gasteiger partial charge in [0.05, 0.1) is 5.69 Å². The lowest BCUT2D eigenvalue weighted by molar-refractivity contribution is -0.107. The zero-order valence-electron chi connectivity index (χ0n) is 13.9. The van der Waals surface area contributed by atoms with Gasteiger partial charge < -0.3 is 4.79 Å². The van der Waals surface area contributed by atoms with Crippen molar-refractivity contribution in [3.8, 4) is 5.69 Å². The number of benzene rings is 2. The Bertz CT molecular complexity index is 879. The minimum atomic E-state index is 0.418. The van der Waals surface area contributed by atoms with E-state index >= 15 is 0 Å². The largest absolute Gasteiger partial charge is 0.303 e. The Labute approximate surface area is 156 Å².